The number of benzene rings is 2. The topological polar surface area (TPSA) is 122 Å². The first-order valence-corrected chi connectivity index (χ1v) is 10.6. The van der Waals surface area contributed by atoms with E-state index in [0.717, 1.165) is 46.6 Å². The van der Waals surface area contributed by atoms with E-state index in [2.05, 4.69) is 15.6 Å². The summed E-state index contributed by atoms with van der Waals surface area (Å²) in [5, 5.41) is 0. The van der Waals surface area contributed by atoms with Crippen LogP contribution < -0.4 is 16.2 Å². The minimum atomic E-state index is -0.225. The van der Waals surface area contributed by atoms with Gasteiger partial charge in [-0.3, -0.25) is 4.79 Å². The Morgan fingerprint density at radius 2 is 2.06 bits per heavy atom. The molecule has 1 aliphatic carbocycles. The Morgan fingerprint density at radius 1 is 1.23 bits per heavy atom. The van der Waals surface area contributed by atoms with E-state index in [4.69, 9.17) is 25.6 Å². The number of anilines is 1. The van der Waals surface area contributed by atoms with Gasteiger partial charge in [-0.05, 0) is 68.0 Å². The molecule has 2 atom stereocenters. The molecule has 0 unspecified atom stereocenters. The van der Waals surface area contributed by atoms with Gasteiger partial charge in [0.2, 0.25) is 5.91 Å². The van der Waals surface area contributed by atoms with Crippen molar-refractivity contribution >= 4 is 34.1 Å². The molecule has 2 aromatic heterocycles. The van der Waals surface area contributed by atoms with Crippen molar-refractivity contribution in [2.45, 2.75) is 38.8 Å². The summed E-state index contributed by atoms with van der Waals surface area (Å²) in [6.45, 7) is 2.74. The van der Waals surface area contributed by atoms with Crippen LogP contribution in [0.5, 0.6) is 5.75 Å². The number of hydrogen-bond acceptors (Lipinski definition) is 6. The molecule has 1 aliphatic heterocycles. The van der Waals surface area contributed by atoms with E-state index in [1.807, 2.05) is 31.2 Å². The molecule has 4 N–H and O–H groups in total. The second-order valence-corrected chi connectivity index (χ2v) is 8.72. The summed E-state index contributed by atoms with van der Waals surface area (Å²) in [7, 11) is 0. The van der Waals surface area contributed by atoms with E-state index in [1.54, 1.807) is 0 Å². The highest BCUT2D eigenvalue weighted by Gasteiger charge is 2.35. The lowest BCUT2D eigenvalue weighted by molar-refractivity contribution is -0.122. The van der Waals surface area contributed by atoms with Crippen LogP contribution in [0.25, 0.3) is 33.5 Å². The molecular formula is C23H23N5O3. The van der Waals surface area contributed by atoms with Crippen molar-refractivity contribution in [3.63, 3.8) is 0 Å². The van der Waals surface area contributed by atoms with Crippen LogP contribution in [0.3, 0.4) is 0 Å². The largest absolute Gasteiger partial charge is 0.487 e. The third kappa shape index (κ3) is 3.01. The summed E-state index contributed by atoms with van der Waals surface area (Å²) in [5.74, 6) is 1.69. The van der Waals surface area contributed by atoms with Gasteiger partial charge in [0.1, 0.15) is 28.7 Å². The Labute approximate surface area is 178 Å². The molecule has 1 fully saturated rings. The number of hydrogen-bond donors (Lipinski definition) is 2. The second-order valence-electron chi connectivity index (χ2n) is 8.72. The third-order valence-electron chi connectivity index (χ3n) is 6.31. The number of imidazole rings is 1. The molecule has 0 spiro atoms. The molecule has 3 heterocycles. The molecule has 0 radical (unpaired) electrons. The molecule has 8 nitrogen and oxygen atoms in total. The first-order valence-electron chi connectivity index (χ1n) is 10.6. The molecule has 6 rings (SSSR count). The van der Waals surface area contributed by atoms with Gasteiger partial charge in [-0.1, -0.05) is 0 Å². The highest BCUT2D eigenvalue weighted by molar-refractivity contribution is 5.89. The average Bonchev–Trinajstić information content (AvgIpc) is 3.39. The number of nitrogen functional groups attached to an aromatic ring is 1. The predicted octanol–water partition coefficient (Wildman–Crippen LogP) is 3.26. The molecule has 158 valence electrons. The number of amides is 1. The van der Waals surface area contributed by atoms with Crippen LogP contribution in [-0.4, -0.2) is 26.5 Å². The lowest BCUT2D eigenvalue weighted by Gasteiger charge is -2.24. The van der Waals surface area contributed by atoms with Gasteiger partial charge in [-0.25, -0.2) is 4.98 Å². The molecule has 0 bridgehead atoms. The van der Waals surface area contributed by atoms with Crippen molar-refractivity contribution in [1.29, 1.82) is 0 Å². The Kier molecular flexibility index (Phi) is 3.81. The molecule has 4 aromatic rings. The van der Waals surface area contributed by atoms with E-state index >= 15 is 0 Å². The first kappa shape index (κ1) is 18.2. The number of fused-ring (bicyclic) bond motifs is 1. The zero-order valence-corrected chi connectivity index (χ0v) is 17.2. The van der Waals surface area contributed by atoms with E-state index in [0.29, 0.717) is 30.0 Å². The van der Waals surface area contributed by atoms with Gasteiger partial charge in [-0.15, -0.1) is 0 Å². The zero-order chi connectivity index (χ0) is 21.3. The minimum absolute atomic E-state index is 0.000644. The Morgan fingerprint density at radius 3 is 2.84 bits per heavy atom. The van der Waals surface area contributed by atoms with Crippen LogP contribution >= 0.6 is 0 Å². The predicted molar refractivity (Wildman–Crippen MR) is 116 cm³/mol. The number of ether oxygens (including phenoxy) is 1. The number of nitrogens with zero attached hydrogens (tertiary/aromatic N) is 3. The van der Waals surface area contributed by atoms with Gasteiger partial charge < -0.3 is 25.2 Å². The van der Waals surface area contributed by atoms with Gasteiger partial charge in [0.15, 0.2) is 5.58 Å². The van der Waals surface area contributed by atoms with E-state index < -0.39 is 0 Å². The lowest BCUT2D eigenvalue weighted by atomic mass is 9.93. The molecule has 0 saturated heterocycles. The second kappa shape index (κ2) is 6.47. The van der Waals surface area contributed by atoms with Crippen LogP contribution in [0.2, 0.25) is 0 Å². The lowest BCUT2D eigenvalue weighted by Crippen LogP contribution is -2.27. The fraction of sp³-hybridized carbons (Fsp3) is 0.348. The van der Waals surface area contributed by atoms with Crippen LogP contribution in [0.4, 0.5) is 6.01 Å². The maximum Gasteiger partial charge on any atom is 0.292 e. The molecule has 31 heavy (non-hydrogen) atoms. The van der Waals surface area contributed by atoms with Crippen molar-refractivity contribution < 1.29 is 13.9 Å². The number of oxazole rings is 1. The van der Waals surface area contributed by atoms with Crippen molar-refractivity contribution in [2.24, 2.45) is 17.6 Å². The monoisotopic (exact) mass is 417 g/mol. The molecule has 2 aliphatic rings. The summed E-state index contributed by atoms with van der Waals surface area (Å²) in [6, 6.07) is 10.0. The van der Waals surface area contributed by atoms with Crippen LogP contribution in [0, 0.1) is 11.8 Å². The number of rotatable bonds is 5. The highest BCUT2D eigenvalue weighted by Crippen LogP contribution is 2.41. The molecule has 2 aromatic carbocycles. The SMILES string of the molecule is C[C@@H]1Cn2c(-c3ccc4oc(N)nc4c3)nc3cc(C[C@H](C(N)=O)C4CC4)cc(c32)O1. The fourth-order valence-corrected chi connectivity index (χ4v) is 4.74. The van der Waals surface area contributed by atoms with E-state index in [-0.39, 0.29) is 23.9 Å². The Bertz CT molecular complexity index is 1350. The molecular weight excluding hydrogens is 394 g/mol. The maximum atomic E-state index is 12.0. The third-order valence-corrected chi connectivity index (χ3v) is 6.31. The molecule has 8 heteroatoms. The van der Waals surface area contributed by atoms with E-state index in [9.17, 15) is 4.79 Å². The van der Waals surface area contributed by atoms with Crippen LogP contribution in [-0.2, 0) is 17.8 Å². The van der Waals surface area contributed by atoms with Gasteiger partial charge in [0.05, 0.1) is 12.1 Å². The van der Waals surface area contributed by atoms with Gasteiger partial charge >= 0.3 is 0 Å². The van der Waals surface area contributed by atoms with Gasteiger partial charge in [0, 0.05) is 11.5 Å². The molecule has 1 amide bonds. The summed E-state index contributed by atoms with van der Waals surface area (Å²) in [4.78, 5) is 21.2. The number of aromatic nitrogens is 3. The number of carbonyl (C=O) groups excluding carboxylic acids is 1. The highest BCUT2D eigenvalue weighted by atomic mass is 16.5. The summed E-state index contributed by atoms with van der Waals surface area (Å²) in [6.07, 6.45) is 2.77. The zero-order valence-electron chi connectivity index (χ0n) is 17.2. The quantitative estimate of drug-likeness (QED) is 0.514. The van der Waals surface area contributed by atoms with Crippen molar-refractivity contribution in [2.75, 3.05) is 5.73 Å². The Hall–Kier alpha value is -3.55. The minimum Gasteiger partial charge on any atom is -0.487 e. The average molecular weight is 417 g/mol. The van der Waals surface area contributed by atoms with Gasteiger partial charge in [-0.2, -0.15) is 4.98 Å². The summed E-state index contributed by atoms with van der Waals surface area (Å²) in [5.41, 5.74) is 16.5. The first-order chi connectivity index (χ1) is 15.0. The maximum absolute atomic E-state index is 12.0. The van der Waals surface area contributed by atoms with Crippen LogP contribution in [0.15, 0.2) is 34.7 Å². The fourth-order valence-electron chi connectivity index (χ4n) is 4.74. The Balaban J connectivity index is 1.48. The van der Waals surface area contributed by atoms with Crippen molar-refractivity contribution in [3.8, 4) is 17.1 Å². The van der Waals surface area contributed by atoms with Crippen LogP contribution in [0.1, 0.15) is 25.3 Å². The number of primary amides is 1. The normalized spacial score (nSPS) is 18.9. The molecule has 1 saturated carbocycles. The summed E-state index contributed by atoms with van der Waals surface area (Å²) < 4.78 is 13.8. The van der Waals surface area contributed by atoms with Gasteiger partial charge in [0.25, 0.3) is 6.01 Å². The van der Waals surface area contributed by atoms with E-state index in [1.165, 1.54) is 0 Å². The summed E-state index contributed by atoms with van der Waals surface area (Å²) >= 11 is 0. The number of carbonyl (C=O) groups is 1. The van der Waals surface area contributed by atoms with Crippen molar-refractivity contribution in [1.82, 2.24) is 14.5 Å². The number of nitrogens with two attached hydrogens (primary N) is 2. The smallest absolute Gasteiger partial charge is 0.292 e. The standard InChI is InChI=1S/C23H23N5O3/c1-11-10-28-20-17(26-22(28)14-4-5-18-16(9-14)27-23(25)31-18)7-12(8-19(20)30-11)6-15(21(24)29)13-2-3-13/h4-5,7-9,11,13,15H,2-3,6,10H2,1H3,(H2,24,29)(H2,25,27)/t11-,15+/m1/s1. The van der Waals surface area contributed by atoms with Crippen molar-refractivity contribution in [3.05, 3.63) is 35.9 Å².